The Morgan fingerprint density at radius 3 is 2.53 bits per heavy atom. The molecule has 1 unspecified atom stereocenters. The largest absolute Gasteiger partial charge is 0.358 e. The van der Waals surface area contributed by atoms with Gasteiger partial charge in [0, 0.05) is 12.6 Å². The predicted molar refractivity (Wildman–Crippen MR) is 52.2 cm³/mol. The van der Waals surface area contributed by atoms with Gasteiger partial charge in [0.25, 0.3) is 0 Å². The van der Waals surface area contributed by atoms with Gasteiger partial charge in [-0.15, -0.1) is 0 Å². The maximum absolute atomic E-state index is 13.3. The second-order valence-corrected chi connectivity index (χ2v) is 3.00. The predicted octanol–water partition coefficient (Wildman–Crippen LogP) is 0.971. The van der Waals surface area contributed by atoms with Crippen LogP contribution in [0.25, 0.3) is 0 Å². The number of hydrogen-bond acceptors (Lipinski definition) is 2. The van der Waals surface area contributed by atoms with Crippen molar-refractivity contribution in [3.05, 3.63) is 35.4 Å². The van der Waals surface area contributed by atoms with Crippen molar-refractivity contribution in [3.63, 3.8) is 0 Å². The van der Waals surface area contributed by atoms with Crippen LogP contribution in [0, 0.1) is 11.6 Å². The average molecular weight is 214 g/mol. The molecule has 0 bridgehead atoms. The first-order valence-corrected chi connectivity index (χ1v) is 4.44. The van der Waals surface area contributed by atoms with Crippen LogP contribution in [0.5, 0.6) is 0 Å². The third-order valence-corrected chi connectivity index (χ3v) is 2.07. The van der Waals surface area contributed by atoms with Crippen LogP contribution in [0.4, 0.5) is 8.78 Å². The van der Waals surface area contributed by atoms with Crippen molar-refractivity contribution in [2.75, 3.05) is 14.1 Å². The molecule has 1 atom stereocenters. The number of amides is 1. The molecule has 0 spiro atoms. The van der Waals surface area contributed by atoms with Crippen LogP contribution in [0.3, 0.4) is 0 Å². The van der Waals surface area contributed by atoms with Gasteiger partial charge in [-0.1, -0.05) is 0 Å². The van der Waals surface area contributed by atoms with E-state index in [2.05, 4.69) is 10.6 Å². The second kappa shape index (κ2) is 4.84. The van der Waals surface area contributed by atoms with Crippen LogP contribution in [-0.4, -0.2) is 20.0 Å². The Morgan fingerprint density at radius 1 is 1.33 bits per heavy atom. The molecule has 0 heterocycles. The van der Waals surface area contributed by atoms with Crippen molar-refractivity contribution in [2.45, 2.75) is 6.04 Å². The van der Waals surface area contributed by atoms with Gasteiger partial charge in [-0.2, -0.15) is 0 Å². The molecule has 1 amide bonds. The Labute approximate surface area is 86.5 Å². The lowest BCUT2D eigenvalue weighted by molar-refractivity contribution is -0.122. The monoisotopic (exact) mass is 214 g/mol. The highest BCUT2D eigenvalue weighted by Gasteiger charge is 2.21. The molecule has 0 aliphatic rings. The van der Waals surface area contributed by atoms with Gasteiger partial charge in [-0.05, 0) is 25.2 Å². The molecule has 0 aliphatic carbocycles. The first kappa shape index (κ1) is 11.6. The van der Waals surface area contributed by atoms with Gasteiger partial charge in [0.1, 0.15) is 17.7 Å². The normalized spacial score (nSPS) is 12.3. The first-order valence-electron chi connectivity index (χ1n) is 4.44. The first-order chi connectivity index (χ1) is 7.10. The van der Waals surface area contributed by atoms with Crippen molar-refractivity contribution in [1.82, 2.24) is 10.6 Å². The molecule has 1 aromatic rings. The standard InChI is InChI=1S/C10H12F2N2O/c1-13-9(10(15)14-2)7-5-6(11)3-4-8(7)12/h3-5,9,13H,1-2H3,(H,14,15). The zero-order valence-electron chi connectivity index (χ0n) is 8.47. The summed E-state index contributed by atoms with van der Waals surface area (Å²) in [5, 5.41) is 4.99. The molecule has 0 saturated carbocycles. The fourth-order valence-corrected chi connectivity index (χ4v) is 1.31. The van der Waals surface area contributed by atoms with E-state index in [4.69, 9.17) is 0 Å². The minimum atomic E-state index is -0.884. The molecule has 15 heavy (non-hydrogen) atoms. The minimum absolute atomic E-state index is 0.00292. The summed E-state index contributed by atoms with van der Waals surface area (Å²) < 4.78 is 26.2. The molecular formula is C10H12F2N2O. The van der Waals surface area contributed by atoms with Gasteiger partial charge in [-0.25, -0.2) is 8.78 Å². The number of benzene rings is 1. The van der Waals surface area contributed by atoms with Gasteiger partial charge in [-0.3, -0.25) is 4.79 Å². The van der Waals surface area contributed by atoms with E-state index >= 15 is 0 Å². The maximum Gasteiger partial charge on any atom is 0.241 e. The summed E-state index contributed by atoms with van der Waals surface area (Å²) in [7, 11) is 2.94. The van der Waals surface area contributed by atoms with E-state index in [1.165, 1.54) is 14.1 Å². The zero-order chi connectivity index (χ0) is 11.4. The van der Waals surface area contributed by atoms with E-state index in [0.29, 0.717) is 0 Å². The average Bonchev–Trinajstić information content (AvgIpc) is 2.23. The van der Waals surface area contributed by atoms with Crippen molar-refractivity contribution in [1.29, 1.82) is 0 Å². The molecule has 82 valence electrons. The zero-order valence-corrected chi connectivity index (χ0v) is 8.47. The summed E-state index contributed by atoms with van der Waals surface area (Å²) in [6.45, 7) is 0. The smallest absolute Gasteiger partial charge is 0.241 e. The number of hydrogen-bond donors (Lipinski definition) is 2. The molecule has 5 heteroatoms. The SMILES string of the molecule is CNC(=O)C(NC)c1cc(F)ccc1F. The number of halogens is 2. The minimum Gasteiger partial charge on any atom is -0.358 e. The number of carbonyl (C=O) groups is 1. The number of nitrogens with one attached hydrogen (secondary N) is 2. The molecule has 1 aromatic carbocycles. The summed E-state index contributed by atoms with van der Waals surface area (Å²) in [5.74, 6) is -1.60. The number of likely N-dealkylation sites (N-methyl/N-ethyl adjacent to an activating group) is 2. The lowest BCUT2D eigenvalue weighted by Crippen LogP contribution is -2.34. The summed E-state index contributed by atoms with van der Waals surface area (Å²) in [5.41, 5.74) is -0.00292. The van der Waals surface area contributed by atoms with Crippen LogP contribution in [0.15, 0.2) is 18.2 Å². The Morgan fingerprint density at radius 2 is 2.00 bits per heavy atom. The van der Waals surface area contributed by atoms with E-state index in [-0.39, 0.29) is 5.56 Å². The van der Waals surface area contributed by atoms with Crippen LogP contribution >= 0.6 is 0 Å². The van der Waals surface area contributed by atoms with Crippen LogP contribution in [-0.2, 0) is 4.79 Å². The van der Waals surface area contributed by atoms with E-state index in [1.54, 1.807) is 0 Å². The van der Waals surface area contributed by atoms with Crippen LogP contribution in [0.2, 0.25) is 0 Å². The van der Waals surface area contributed by atoms with Gasteiger partial charge in [0.05, 0.1) is 0 Å². The summed E-state index contributed by atoms with van der Waals surface area (Å²) >= 11 is 0. The van der Waals surface area contributed by atoms with Gasteiger partial charge in [0.2, 0.25) is 5.91 Å². The Bertz CT molecular complexity index is 368. The van der Waals surface area contributed by atoms with Crippen LogP contribution in [0.1, 0.15) is 11.6 Å². The van der Waals surface area contributed by atoms with E-state index < -0.39 is 23.6 Å². The summed E-state index contributed by atoms with van der Waals surface area (Å²) in [4.78, 5) is 11.3. The van der Waals surface area contributed by atoms with Crippen molar-refractivity contribution >= 4 is 5.91 Å². The van der Waals surface area contributed by atoms with E-state index in [1.807, 2.05) is 0 Å². The Hall–Kier alpha value is -1.49. The third-order valence-electron chi connectivity index (χ3n) is 2.07. The van der Waals surface area contributed by atoms with Gasteiger partial charge < -0.3 is 10.6 Å². The summed E-state index contributed by atoms with van der Waals surface area (Å²) in [6, 6.07) is 2.13. The Kier molecular flexibility index (Phi) is 3.74. The quantitative estimate of drug-likeness (QED) is 0.787. The molecule has 0 saturated heterocycles. The number of carbonyl (C=O) groups excluding carboxylic acids is 1. The molecule has 0 radical (unpaired) electrons. The fraction of sp³-hybridized carbons (Fsp3) is 0.300. The van der Waals surface area contributed by atoms with Crippen LogP contribution < -0.4 is 10.6 Å². The third kappa shape index (κ3) is 2.50. The second-order valence-electron chi connectivity index (χ2n) is 3.00. The molecule has 3 nitrogen and oxygen atoms in total. The fourth-order valence-electron chi connectivity index (χ4n) is 1.31. The highest BCUT2D eigenvalue weighted by molar-refractivity contribution is 5.82. The topological polar surface area (TPSA) is 41.1 Å². The highest BCUT2D eigenvalue weighted by Crippen LogP contribution is 2.18. The van der Waals surface area contributed by atoms with Crippen molar-refractivity contribution in [2.24, 2.45) is 0 Å². The molecule has 0 aliphatic heterocycles. The lowest BCUT2D eigenvalue weighted by atomic mass is 10.1. The molecular weight excluding hydrogens is 202 g/mol. The molecule has 0 aromatic heterocycles. The molecule has 2 N–H and O–H groups in total. The Balaban J connectivity index is 3.11. The van der Waals surface area contributed by atoms with Gasteiger partial charge in [0.15, 0.2) is 0 Å². The van der Waals surface area contributed by atoms with E-state index in [9.17, 15) is 13.6 Å². The maximum atomic E-state index is 13.3. The van der Waals surface area contributed by atoms with E-state index in [0.717, 1.165) is 18.2 Å². The van der Waals surface area contributed by atoms with Gasteiger partial charge >= 0.3 is 0 Å². The molecule has 0 fully saturated rings. The lowest BCUT2D eigenvalue weighted by Gasteiger charge is -2.15. The van der Waals surface area contributed by atoms with Crippen molar-refractivity contribution < 1.29 is 13.6 Å². The molecule has 1 rings (SSSR count). The summed E-state index contributed by atoms with van der Waals surface area (Å²) in [6.07, 6.45) is 0. The number of rotatable bonds is 3. The van der Waals surface area contributed by atoms with Crippen molar-refractivity contribution in [3.8, 4) is 0 Å². The highest BCUT2D eigenvalue weighted by atomic mass is 19.1.